The zero-order valence-electron chi connectivity index (χ0n) is 12.3. The van der Waals surface area contributed by atoms with Gasteiger partial charge in [0.15, 0.2) is 5.82 Å². The SMILES string of the molecule is N#Cc1c(N)n[nH]c1CCCNc1ccc2c(Cl)cccc2n1. The molecule has 0 saturated carbocycles. The number of rotatable bonds is 5. The van der Waals surface area contributed by atoms with Crippen molar-refractivity contribution in [1.82, 2.24) is 15.2 Å². The van der Waals surface area contributed by atoms with E-state index in [-0.39, 0.29) is 5.82 Å². The number of aryl methyl sites for hydroxylation is 1. The van der Waals surface area contributed by atoms with E-state index in [0.29, 0.717) is 17.0 Å². The number of hydrogen-bond donors (Lipinski definition) is 3. The van der Waals surface area contributed by atoms with Gasteiger partial charge in [0.1, 0.15) is 17.5 Å². The van der Waals surface area contributed by atoms with Crippen molar-refractivity contribution in [2.24, 2.45) is 0 Å². The van der Waals surface area contributed by atoms with Crippen LogP contribution in [0.1, 0.15) is 17.7 Å². The highest BCUT2D eigenvalue weighted by Crippen LogP contribution is 2.23. The molecule has 0 saturated heterocycles. The number of nitrogen functional groups attached to an aromatic ring is 1. The van der Waals surface area contributed by atoms with Crippen molar-refractivity contribution in [1.29, 1.82) is 5.26 Å². The van der Waals surface area contributed by atoms with Gasteiger partial charge in [-0.2, -0.15) is 10.4 Å². The third kappa shape index (κ3) is 3.20. The maximum atomic E-state index is 9.02. The van der Waals surface area contributed by atoms with Crippen LogP contribution in [0.5, 0.6) is 0 Å². The number of aromatic nitrogens is 3. The summed E-state index contributed by atoms with van der Waals surface area (Å²) in [4.78, 5) is 4.53. The summed E-state index contributed by atoms with van der Waals surface area (Å²) in [5.74, 6) is 1.05. The van der Waals surface area contributed by atoms with Crippen LogP contribution in [-0.4, -0.2) is 21.7 Å². The van der Waals surface area contributed by atoms with Crippen molar-refractivity contribution < 1.29 is 0 Å². The molecule has 2 aromatic heterocycles. The largest absolute Gasteiger partial charge is 0.381 e. The van der Waals surface area contributed by atoms with E-state index in [1.807, 2.05) is 30.3 Å². The number of pyridine rings is 1. The van der Waals surface area contributed by atoms with Gasteiger partial charge in [0, 0.05) is 17.0 Å². The molecule has 0 unspecified atom stereocenters. The van der Waals surface area contributed by atoms with Crippen molar-refractivity contribution >= 4 is 34.1 Å². The van der Waals surface area contributed by atoms with Crippen LogP contribution in [0.15, 0.2) is 30.3 Å². The molecule has 6 nitrogen and oxygen atoms in total. The summed E-state index contributed by atoms with van der Waals surface area (Å²) in [5, 5.41) is 20.6. The van der Waals surface area contributed by atoms with Gasteiger partial charge >= 0.3 is 0 Å². The van der Waals surface area contributed by atoms with Gasteiger partial charge in [-0.05, 0) is 37.1 Å². The molecule has 0 spiro atoms. The van der Waals surface area contributed by atoms with E-state index in [9.17, 15) is 0 Å². The van der Waals surface area contributed by atoms with Gasteiger partial charge in [0.2, 0.25) is 0 Å². The van der Waals surface area contributed by atoms with Crippen molar-refractivity contribution in [2.75, 3.05) is 17.6 Å². The second-order valence-electron chi connectivity index (χ2n) is 5.11. The number of halogens is 1. The van der Waals surface area contributed by atoms with Crippen molar-refractivity contribution in [3.8, 4) is 6.07 Å². The summed E-state index contributed by atoms with van der Waals surface area (Å²) in [5.41, 5.74) is 7.67. The van der Waals surface area contributed by atoms with Crippen LogP contribution >= 0.6 is 11.6 Å². The number of hydrogen-bond acceptors (Lipinski definition) is 5. The van der Waals surface area contributed by atoms with Crippen LogP contribution < -0.4 is 11.1 Å². The predicted molar refractivity (Wildman–Crippen MR) is 91.3 cm³/mol. The van der Waals surface area contributed by atoms with Gasteiger partial charge in [-0.3, -0.25) is 5.10 Å². The number of nitriles is 1. The Balaban J connectivity index is 1.60. The molecule has 0 amide bonds. The molecule has 0 fully saturated rings. The third-order valence-electron chi connectivity index (χ3n) is 3.57. The molecular formula is C16H15ClN6. The monoisotopic (exact) mass is 326 g/mol. The van der Waals surface area contributed by atoms with Gasteiger partial charge in [0.25, 0.3) is 0 Å². The van der Waals surface area contributed by atoms with Crippen LogP contribution in [0.25, 0.3) is 10.9 Å². The standard InChI is InChI=1S/C16H15ClN6/c17-12-3-1-4-13-10(12)6-7-15(21-13)20-8-2-5-14-11(9-18)16(19)23-22-14/h1,3-4,6-7H,2,5,8H2,(H,20,21)(H3,19,22,23). The number of H-pyrrole nitrogens is 1. The van der Waals surface area contributed by atoms with Crippen molar-refractivity contribution in [3.05, 3.63) is 46.6 Å². The molecule has 3 aromatic rings. The number of anilines is 2. The van der Waals surface area contributed by atoms with Gasteiger partial charge in [0.05, 0.1) is 11.2 Å². The lowest BCUT2D eigenvalue weighted by Gasteiger charge is -2.07. The average molecular weight is 327 g/mol. The second kappa shape index (κ2) is 6.55. The number of aromatic amines is 1. The van der Waals surface area contributed by atoms with E-state index in [0.717, 1.165) is 35.4 Å². The Bertz CT molecular complexity index is 880. The number of fused-ring (bicyclic) bond motifs is 1. The number of benzene rings is 1. The van der Waals surface area contributed by atoms with Crippen LogP contribution in [0.2, 0.25) is 5.02 Å². The van der Waals surface area contributed by atoms with E-state index < -0.39 is 0 Å². The maximum Gasteiger partial charge on any atom is 0.163 e. The minimum atomic E-state index is 0.253. The van der Waals surface area contributed by atoms with E-state index in [1.165, 1.54) is 0 Å². The lowest BCUT2D eigenvalue weighted by Crippen LogP contribution is -2.05. The fourth-order valence-electron chi connectivity index (χ4n) is 2.40. The molecule has 23 heavy (non-hydrogen) atoms. The Morgan fingerprint density at radius 1 is 1.30 bits per heavy atom. The van der Waals surface area contributed by atoms with Crippen molar-refractivity contribution in [2.45, 2.75) is 12.8 Å². The smallest absolute Gasteiger partial charge is 0.163 e. The minimum absolute atomic E-state index is 0.253. The predicted octanol–water partition coefficient (Wildman–Crippen LogP) is 3.11. The quantitative estimate of drug-likeness (QED) is 0.625. The Hall–Kier alpha value is -2.78. The number of nitrogens with zero attached hydrogens (tertiary/aromatic N) is 3. The number of nitrogens with two attached hydrogens (primary N) is 1. The molecule has 0 bridgehead atoms. The van der Waals surface area contributed by atoms with Crippen LogP contribution in [0, 0.1) is 11.3 Å². The molecular weight excluding hydrogens is 312 g/mol. The Labute approximate surface area is 138 Å². The summed E-state index contributed by atoms with van der Waals surface area (Å²) in [6.07, 6.45) is 1.52. The molecule has 0 aliphatic rings. The van der Waals surface area contributed by atoms with Crippen LogP contribution in [-0.2, 0) is 6.42 Å². The van der Waals surface area contributed by atoms with Crippen LogP contribution in [0.3, 0.4) is 0 Å². The molecule has 0 atom stereocenters. The van der Waals surface area contributed by atoms with E-state index in [2.05, 4.69) is 26.6 Å². The lowest BCUT2D eigenvalue weighted by molar-refractivity contribution is 0.823. The molecule has 3 rings (SSSR count). The first-order valence-electron chi connectivity index (χ1n) is 7.21. The van der Waals surface area contributed by atoms with Gasteiger partial charge in [-0.15, -0.1) is 0 Å². The first kappa shape index (κ1) is 15.1. The minimum Gasteiger partial charge on any atom is -0.381 e. The highest BCUT2D eigenvalue weighted by Gasteiger charge is 2.09. The fraction of sp³-hybridized carbons (Fsp3) is 0.188. The third-order valence-corrected chi connectivity index (χ3v) is 3.90. The Kier molecular flexibility index (Phi) is 4.31. The first-order chi connectivity index (χ1) is 11.2. The molecule has 0 aliphatic carbocycles. The highest BCUT2D eigenvalue weighted by atomic mass is 35.5. The van der Waals surface area contributed by atoms with E-state index in [4.69, 9.17) is 22.6 Å². The van der Waals surface area contributed by atoms with Gasteiger partial charge < -0.3 is 11.1 Å². The summed E-state index contributed by atoms with van der Waals surface area (Å²) in [7, 11) is 0. The summed E-state index contributed by atoms with van der Waals surface area (Å²) in [6, 6.07) is 11.6. The van der Waals surface area contributed by atoms with E-state index >= 15 is 0 Å². The zero-order valence-corrected chi connectivity index (χ0v) is 13.1. The van der Waals surface area contributed by atoms with Crippen LogP contribution in [0.4, 0.5) is 11.6 Å². The molecule has 0 aliphatic heterocycles. The molecule has 1 aromatic carbocycles. The molecule has 7 heteroatoms. The summed E-state index contributed by atoms with van der Waals surface area (Å²) < 4.78 is 0. The molecule has 4 N–H and O–H groups in total. The molecule has 116 valence electrons. The highest BCUT2D eigenvalue weighted by molar-refractivity contribution is 6.35. The molecule has 0 radical (unpaired) electrons. The van der Waals surface area contributed by atoms with Gasteiger partial charge in [-0.1, -0.05) is 17.7 Å². The zero-order chi connectivity index (χ0) is 16.2. The topological polar surface area (TPSA) is 103 Å². The molecule has 2 heterocycles. The normalized spacial score (nSPS) is 10.6. The summed E-state index contributed by atoms with van der Waals surface area (Å²) in [6.45, 7) is 0.725. The Morgan fingerprint density at radius 2 is 2.17 bits per heavy atom. The van der Waals surface area contributed by atoms with Gasteiger partial charge in [-0.25, -0.2) is 4.98 Å². The fourth-order valence-corrected chi connectivity index (χ4v) is 2.63. The Morgan fingerprint density at radius 3 is 3.00 bits per heavy atom. The maximum absolute atomic E-state index is 9.02. The van der Waals surface area contributed by atoms with E-state index in [1.54, 1.807) is 0 Å². The number of nitrogens with one attached hydrogen (secondary N) is 2. The second-order valence-corrected chi connectivity index (χ2v) is 5.51. The summed E-state index contributed by atoms with van der Waals surface area (Å²) >= 11 is 6.13. The van der Waals surface area contributed by atoms with Crippen molar-refractivity contribution in [3.63, 3.8) is 0 Å². The first-order valence-corrected chi connectivity index (χ1v) is 7.59. The average Bonchev–Trinajstić information content (AvgIpc) is 2.91. The lowest BCUT2D eigenvalue weighted by atomic mass is 10.1.